The van der Waals surface area contributed by atoms with Crippen LogP contribution in [0, 0.1) is 0 Å². The fraction of sp³-hybridized carbons (Fsp3) is 0. The highest BCUT2D eigenvalue weighted by molar-refractivity contribution is 5.89. The highest BCUT2D eigenvalue weighted by atomic mass is 16.4. The molecule has 0 saturated carbocycles. The predicted octanol–water partition coefficient (Wildman–Crippen LogP) is 2.93. The number of rotatable bonds is 2. The van der Waals surface area contributed by atoms with E-state index in [9.17, 15) is 4.79 Å². The van der Waals surface area contributed by atoms with E-state index < -0.39 is 5.97 Å². The summed E-state index contributed by atoms with van der Waals surface area (Å²) in [7, 11) is 0. The van der Waals surface area contributed by atoms with Crippen LogP contribution in [0.2, 0.25) is 0 Å². The van der Waals surface area contributed by atoms with Crippen molar-refractivity contribution < 1.29 is 9.90 Å². The topological polar surface area (TPSA) is 66.0 Å². The molecule has 1 aromatic heterocycles. The lowest BCUT2D eigenvalue weighted by Crippen LogP contribution is -1.94. The molecule has 1 heterocycles. The summed E-state index contributed by atoms with van der Waals surface area (Å²) >= 11 is 0. The smallest absolute Gasteiger partial charge is 0.335 e. The van der Waals surface area contributed by atoms with Gasteiger partial charge in [-0.25, -0.2) is 4.79 Å². The van der Waals surface area contributed by atoms with E-state index in [4.69, 9.17) is 5.11 Å². The summed E-state index contributed by atoms with van der Waals surface area (Å²) in [5.41, 5.74) is 3.31. The zero-order valence-electron chi connectivity index (χ0n) is 9.42. The molecular weight excluding hydrogens is 228 g/mol. The number of hydrogen-bond donors (Lipinski definition) is 2. The third-order valence-electron chi connectivity index (χ3n) is 2.91. The Kier molecular flexibility index (Phi) is 2.34. The molecule has 0 bridgehead atoms. The van der Waals surface area contributed by atoms with Crippen molar-refractivity contribution in [1.29, 1.82) is 0 Å². The van der Waals surface area contributed by atoms with Crippen LogP contribution >= 0.6 is 0 Å². The summed E-state index contributed by atoms with van der Waals surface area (Å²) < 4.78 is 0. The first-order valence-electron chi connectivity index (χ1n) is 5.51. The number of carboxylic acid groups (broad SMARTS) is 1. The van der Waals surface area contributed by atoms with Gasteiger partial charge in [0.15, 0.2) is 0 Å². The van der Waals surface area contributed by atoms with E-state index in [0.29, 0.717) is 5.56 Å². The molecule has 2 aromatic carbocycles. The first-order valence-corrected chi connectivity index (χ1v) is 5.51. The van der Waals surface area contributed by atoms with Crippen LogP contribution < -0.4 is 0 Å². The molecule has 4 heteroatoms. The maximum atomic E-state index is 10.8. The summed E-state index contributed by atoms with van der Waals surface area (Å²) in [6.45, 7) is 0. The third-order valence-corrected chi connectivity index (χ3v) is 2.91. The molecule has 0 amide bonds. The second-order valence-electron chi connectivity index (χ2n) is 4.05. The van der Waals surface area contributed by atoms with E-state index in [1.54, 1.807) is 18.3 Å². The standard InChI is InChI=1S/C14H10N2O2/c17-14(18)10-3-1-9(2-4-10)11-5-6-13-12(7-11)8-15-16-13/h1-8H,(H,15,16)(H,17,18). The molecule has 0 radical (unpaired) electrons. The molecule has 3 aromatic rings. The van der Waals surface area contributed by atoms with Crippen molar-refractivity contribution in [3.8, 4) is 11.1 Å². The minimum atomic E-state index is -0.910. The number of aromatic nitrogens is 2. The van der Waals surface area contributed by atoms with Crippen LogP contribution in [0.15, 0.2) is 48.7 Å². The average molecular weight is 238 g/mol. The molecule has 0 spiro atoms. The van der Waals surface area contributed by atoms with Crippen LogP contribution in [0.25, 0.3) is 22.0 Å². The Bertz CT molecular complexity index is 714. The predicted molar refractivity (Wildman–Crippen MR) is 68.5 cm³/mol. The molecule has 0 saturated heterocycles. The number of benzene rings is 2. The van der Waals surface area contributed by atoms with Gasteiger partial charge < -0.3 is 5.11 Å². The third kappa shape index (κ3) is 1.73. The van der Waals surface area contributed by atoms with E-state index >= 15 is 0 Å². The molecule has 0 unspecified atom stereocenters. The van der Waals surface area contributed by atoms with Crippen molar-refractivity contribution in [3.63, 3.8) is 0 Å². The van der Waals surface area contributed by atoms with E-state index in [1.807, 2.05) is 30.3 Å². The van der Waals surface area contributed by atoms with Crippen LogP contribution in [0.5, 0.6) is 0 Å². The first-order chi connectivity index (χ1) is 8.74. The highest BCUT2D eigenvalue weighted by Gasteiger charge is 2.04. The maximum Gasteiger partial charge on any atom is 0.335 e. The maximum absolute atomic E-state index is 10.8. The van der Waals surface area contributed by atoms with Gasteiger partial charge in [0.2, 0.25) is 0 Å². The van der Waals surface area contributed by atoms with Crippen molar-refractivity contribution in [2.45, 2.75) is 0 Å². The molecule has 2 N–H and O–H groups in total. The van der Waals surface area contributed by atoms with Gasteiger partial charge in [-0.2, -0.15) is 5.10 Å². The molecule has 3 rings (SSSR count). The van der Waals surface area contributed by atoms with E-state index in [0.717, 1.165) is 22.0 Å². The summed E-state index contributed by atoms with van der Waals surface area (Å²) in [6, 6.07) is 12.8. The zero-order valence-corrected chi connectivity index (χ0v) is 9.42. The fourth-order valence-corrected chi connectivity index (χ4v) is 1.93. The Morgan fingerprint density at radius 3 is 2.50 bits per heavy atom. The van der Waals surface area contributed by atoms with E-state index in [2.05, 4.69) is 10.2 Å². The molecule has 0 aliphatic carbocycles. The van der Waals surface area contributed by atoms with Crippen LogP contribution in [0.3, 0.4) is 0 Å². The average Bonchev–Trinajstić information content (AvgIpc) is 2.86. The number of aromatic amines is 1. The Balaban J connectivity index is 2.05. The number of aromatic carboxylic acids is 1. The number of carboxylic acids is 1. The molecule has 0 fully saturated rings. The number of carbonyl (C=O) groups is 1. The van der Waals surface area contributed by atoms with Crippen LogP contribution in [-0.4, -0.2) is 21.3 Å². The summed E-state index contributed by atoms with van der Waals surface area (Å²) in [6.07, 6.45) is 1.77. The Labute approximate surface area is 103 Å². The van der Waals surface area contributed by atoms with Gasteiger partial charge >= 0.3 is 5.97 Å². The van der Waals surface area contributed by atoms with E-state index in [1.165, 1.54) is 0 Å². The SMILES string of the molecule is O=C(O)c1ccc(-c2ccc3[nH]ncc3c2)cc1. The Morgan fingerprint density at radius 1 is 1.06 bits per heavy atom. The largest absolute Gasteiger partial charge is 0.478 e. The van der Waals surface area contributed by atoms with Crippen molar-refractivity contribution in [2.75, 3.05) is 0 Å². The highest BCUT2D eigenvalue weighted by Crippen LogP contribution is 2.23. The van der Waals surface area contributed by atoms with Crippen molar-refractivity contribution in [1.82, 2.24) is 10.2 Å². The minimum Gasteiger partial charge on any atom is -0.478 e. The second-order valence-corrected chi connectivity index (χ2v) is 4.05. The zero-order chi connectivity index (χ0) is 12.5. The molecule has 18 heavy (non-hydrogen) atoms. The summed E-state index contributed by atoms with van der Waals surface area (Å²) in [5, 5.41) is 16.7. The van der Waals surface area contributed by atoms with Crippen molar-refractivity contribution in [2.24, 2.45) is 0 Å². The molecule has 0 aliphatic heterocycles. The van der Waals surface area contributed by atoms with Gasteiger partial charge in [-0.3, -0.25) is 5.10 Å². The lowest BCUT2D eigenvalue weighted by molar-refractivity contribution is 0.0697. The molecular formula is C14H10N2O2. The first kappa shape index (κ1) is 10.5. The molecule has 0 aliphatic rings. The second kappa shape index (κ2) is 4.00. The molecule has 0 atom stereocenters. The van der Waals surface area contributed by atoms with Crippen LogP contribution in [-0.2, 0) is 0 Å². The minimum absolute atomic E-state index is 0.295. The quantitative estimate of drug-likeness (QED) is 0.721. The van der Waals surface area contributed by atoms with Gasteiger partial charge in [0.05, 0.1) is 17.3 Å². The van der Waals surface area contributed by atoms with Gasteiger partial charge in [0.1, 0.15) is 0 Å². The van der Waals surface area contributed by atoms with Crippen LogP contribution in [0.4, 0.5) is 0 Å². The monoisotopic (exact) mass is 238 g/mol. The van der Waals surface area contributed by atoms with Gasteiger partial charge in [0.25, 0.3) is 0 Å². The number of hydrogen-bond acceptors (Lipinski definition) is 2. The summed E-state index contributed by atoms with van der Waals surface area (Å²) in [4.78, 5) is 10.8. The van der Waals surface area contributed by atoms with Gasteiger partial charge in [-0.1, -0.05) is 18.2 Å². The van der Waals surface area contributed by atoms with Gasteiger partial charge in [-0.05, 0) is 35.4 Å². The number of nitrogens with zero attached hydrogens (tertiary/aromatic N) is 1. The molecule has 88 valence electrons. The lowest BCUT2D eigenvalue weighted by atomic mass is 10.0. The van der Waals surface area contributed by atoms with E-state index in [-0.39, 0.29) is 0 Å². The summed E-state index contributed by atoms with van der Waals surface area (Å²) in [5.74, 6) is -0.910. The van der Waals surface area contributed by atoms with Crippen molar-refractivity contribution in [3.05, 3.63) is 54.2 Å². The number of fused-ring (bicyclic) bond motifs is 1. The van der Waals surface area contributed by atoms with Gasteiger partial charge in [-0.15, -0.1) is 0 Å². The fourth-order valence-electron chi connectivity index (χ4n) is 1.93. The lowest BCUT2D eigenvalue weighted by Gasteiger charge is -2.02. The Morgan fingerprint density at radius 2 is 1.78 bits per heavy atom. The van der Waals surface area contributed by atoms with Gasteiger partial charge in [0, 0.05) is 5.39 Å². The van der Waals surface area contributed by atoms with Crippen molar-refractivity contribution >= 4 is 16.9 Å². The normalized spacial score (nSPS) is 10.7. The number of nitrogens with one attached hydrogen (secondary N) is 1. The number of H-pyrrole nitrogens is 1. The van der Waals surface area contributed by atoms with Crippen LogP contribution in [0.1, 0.15) is 10.4 Å². The molecule has 4 nitrogen and oxygen atoms in total. The Hall–Kier alpha value is -2.62.